The monoisotopic (exact) mass is 934 g/mol. The lowest BCUT2D eigenvalue weighted by Crippen LogP contribution is -2.51. The summed E-state index contributed by atoms with van der Waals surface area (Å²) in [7, 11) is 0. The van der Waals surface area contributed by atoms with Gasteiger partial charge in [-0.15, -0.1) is 0 Å². The van der Waals surface area contributed by atoms with Gasteiger partial charge in [0, 0.05) is 30.2 Å². The molecule has 5 aromatic carbocycles. The lowest BCUT2D eigenvalue weighted by atomic mass is 9.77. The molecular formula is C59H71N3O7. The summed E-state index contributed by atoms with van der Waals surface area (Å²) in [5.74, 6) is -5.26. The van der Waals surface area contributed by atoms with Crippen molar-refractivity contribution in [1.82, 2.24) is 16.0 Å². The smallest absolute Gasteiger partial charge is 0.326 e. The number of unbranched alkanes of at least 4 members (excludes halogenated alkanes) is 5. The first-order chi connectivity index (χ1) is 33.4. The van der Waals surface area contributed by atoms with Crippen molar-refractivity contribution in [2.24, 2.45) is 11.8 Å². The lowest BCUT2D eigenvalue weighted by Gasteiger charge is -2.37. The maximum atomic E-state index is 14.1. The number of aryl methyl sites for hydroxylation is 1. The zero-order valence-electron chi connectivity index (χ0n) is 40.9. The molecule has 0 spiro atoms. The van der Waals surface area contributed by atoms with E-state index >= 15 is 0 Å². The molecule has 5 aromatic rings. The molecule has 364 valence electrons. The highest BCUT2D eigenvalue weighted by atomic mass is 16.4. The van der Waals surface area contributed by atoms with Crippen molar-refractivity contribution in [2.45, 2.75) is 135 Å². The molecule has 0 radical (unpaired) electrons. The van der Waals surface area contributed by atoms with Gasteiger partial charge in [-0.3, -0.25) is 24.0 Å². The third-order valence-electron chi connectivity index (χ3n) is 13.0. The molecule has 0 saturated carbocycles. The minimum atomic E-state index is -1.60. The Balaban J connectivity index is 1.26. The van der Waals surface area contributed by atoms with E-state index in [0.29, 0.717) is 24.8 Å². The molecule has 0 aromatic heterocycles. The number of carboxylic acid groups (broad SMARTS) is 1. The summed E-state index contributed by atoms with van der Waals surface area (Å²) in [6.07, 6.45) is 8.25. The Bertz CT molecular complexity index is 2310. The van der Waals surface area contributed by atoms with Crippen LogP contribution in [0.1, 0.15) is 144 Å². The van der Waals surface area contributed by atoms with Crippen molar-refractivity contribution < 1.29 is 33.9 Å². The second kappa shape index (κ2) is 27.3. The van der Waals surface area contributed by atoms with Crippen LogP contribution in [-0.2, 0) is 35.9 Å². The van der Waals surface area contributed by atoms with Crippen LogP contribution in [0.3, 0.4) is 0 Å². The number of ketones is 2. The molecule has 0 aliphatic heterocycles. The zero-order chi connectivity index (χ0) is 49.6. The summed E-state index contributed by atoms with van der Waals surface area (Å²) < 4.78 is 0. The van der Waals surface area contributed by atoms with E-state index in [0.717, 1.165) is 79.2 Å². The molecule has 0 aliphatic rings. The summed E-state index contributed by atoms with van der Waals surface area (Å²) in [6, 6.07) is 41.7. The van der Waals surface area contributed by atoms with Gasteiger partial charge in [0.05, 0.1) is 12.5 Å². The predicted molar refractivity (Wildman–Crippen MR) is 273 cm³/mol. The van der Waals surface area contributed by atoms with Gasteiger partial charge in [-0.2, -0.15) is 0 Å². The Morgan fingerprint density at radius 2 is 1.00 bits per heavy atom. The first kappa shape index (κ1) is 53.3. The second-order valence-electron chi connectivity index (χ2n) is 18.3. The number of nitrogens with one attached hydrogen (secondary N) is 3. The van der Waals surface area contributed by atoms with E-state index in [4.69, 9.17) is 0 Å². The maximum absolute atomic E-state index is 14.1. The molecule has 10 nitrogen and oxygen atoms in total. The van der Waals surface area contributed by atoms with Crippen molar-refractivity contribution in [1.29, 1.82) is 0 Å². The molecule has 0 saturated heterocycles. The quantitative estimate of drug-likeness (QED) is 0.0211. The second-order valence-corrected chi connectivity index (χ2v) is 18.3. The van der Waals surface area contributed by atoms with Crippen molar-refractivity contribution >= 4 is 35.3 Å². The number of amides is 3. The summed E-state index contributed by atoms with van der Waals surface area (Å²) in [4.78, 5) is 82.4. The Labute approximate surface area is 409 Å². The predicted octanol–water partition coefficient (Wildman–Crippen LogP) is 11.2. The van der Waals surface area contributed by atoms with Gasteiger partial charge in [0.25, 0.3) is 0 Å². The average molecular weight is 934 g/mol. The van der Waals surface area contributed by atoms with Crippen LogP contribution in [0.25, 0.3) is 11.1 Å². The third-order valence-corrected chi connectivity index (χ3v) is 13.0. The molecule has 0 unspecified atom stereocenters. The van der Waals surface area contributed by atoms with E-state index in [2.05, 4.69) is 54.1 Å². The Kier molecular flexibility index (Phi) is 21.1. The van der Waals surface area contributed by atoms with Gasteiger partial charge in [0.2, 0.25) is 17.7 Å². The van der Waals surface area contributed by atoms with Gasteiger partial charge in [-0.25, -0.2) is 4.79 Å². The first-order valence-corrected chi connectivity index (χ1v) is 25.0. The third kappa shape index (κ3) is 15.4. The summed E-state index contributed by atoms with van der Waals surface area (Å²) in [6.45, 7) is 7.82. The normalized spacial score (nSPS) is 13.0. The highest BCUT2D eigenvalue weighted by Crippen LogP contribution is 2.37. The van der Waals surface area contributed by atoms with Gasteiger partial charge < -0.3 is 21.1 Å². The van der Waals surface area contributed by atoms with Gasteiger partial charge in [0.1, 0.15) is 11.6 Å². The Hall–Kier alpha value is -6.68. The van der Waals surface area contributed by atoms with Crippen LogP contribution in [0.5, 0.6) is 0 Å². The lowest BCUT2D eigenvalue weighted by molar-refractivity contribution is -0.144. The highest BCUT2D eigenvalue weighted by molar-refractivity contribution is 6.00. The van der Waals surface area contributed by atoms with Gasteiger partial charge in [-0.05, 0) is 59.1 Å². The molecule has 69 heavy (non-hydrogen) atoms. The van der Waals surface area contributed by atoms with E-state index in [1.54, 1.807) is 0 Å². The number of carboxylic acids is 1. The average Bonchev–Trinajstić information content (AvgIpc) is 3.37. The van der Waals surface area contributed by atoms with Crippen LogP contribution in [0.2, 0.25) is 0 Å². The fourth-order valence-corrected chi connectivity index (χ4v) is 8.88. The molecule has 4 N–H and O–H groups in total. The van der Waals surface area contributed by atoms with E-state index in [9.17, 15) is 33.9 Å². The molecule has 0 bridgehead atoms. The molecule has 10 heteroatoms. The Morgan fingerprint density at radius 1 is 0.522 bits per heavy atom. The number of hydrogen-bond acceptors (Lipinski definition) is 6. The standard InChI is InChI=1S/C59H71N3O7/c1-5-8-14-23-47(40-53(63)46-37-35-45(36-38-46)44-33-31-43(32-34-44)22-10-7-3)57(67)60-51(30-15-9-6-2)54(64)39-42(4)56(66)61-52(58(68)69)41-55(65)62-59(48-24-16-11-17-25-48,49-26-18-12-19-27-49)50-28-20-13-21-29-50/h11-13,16-21,24-29,31-38,42,47,51-52H,5-10,14-15,22-23,30,39-41H2,1-4H3,(H,60,67)(H,61,66)(H,62,65)(H,68,69)/t42-,47-,51+,52+/m1/s1. The number of rotatable bonds is 29. The molecule has 0 aliphatic carbocycles. The molecule has 5 rings (SSSR count). The summed E-state index contributed by atoms with van der Waals surface area (Å²) in [5.41, 5.74) is 4.94. The fraction of sp³-hybridized carbons (Fsp3) is 0.390. The Morgan fingerprint density at radius 3 is 1.49 bits per heavy atom. The van der Waals surface area contributed by atoms with Crippen LogP contribution in [0, 0.1) is 11.8 Å². The van der Waals surface area contributed by atoms with Gasteiger partial charge in [-0.1, -0.05) is 212 Å². The van der Waals surface area contributed by atoms with E-state index in [1.165, 1.54) is 12.5 Å². The van der Waals surface area contributed by atoms with Crippen molar-refractivity contribution in [2.75, 3.05) is 0 Å². The van der Waals surface area contributed by atoms with Crippen LogP contribution < -0.4 is 16.0 Å². The number of carbonyl (C=O) groups excluding carboxylic acids is 5. The number of benzene rings is 5. The molecule has 0 fully saturated rings. The zero-order valence-corrected chi connectivity index (χ0v) is 40.9. The van der Waals surface area contributed by atoms with E-state index in [-0.39, 0.29) is 30.3 Å². The largest absolute Gasteiger partial charge is 0.480 e. The maximum Gasteiger partial charge on any atom is 0.326 e. The van der Waals surface area contributed by atoms with Crippen LogP contribution in [0.4, 0.5) is 0 Å². The van der Waals surface area contributed by atoms with E-state index in [1.807, 2.05) is 122 Å². The summed E-state index contributed by atoms with van der Waals surface area (Å²) >= 11 is 0. The van der Waals surface area contributed by atoms with Crippen molar-refractivity contribution in [3.05, 3.63) is 167 Å². The molecule has 3 amide bonds. The highest BCUT2D eigenvalue weighted by Gasteiger charge is 2.39. The SMILES string of the molecule is CCCCC[C@H](CC(=O)c1ccc(-c2ccc(CCCC)cc2)cc1)C(=O)N[C@@H](CCCCC)C(=O)C[C@@H](C)C(=O)N[C@@H](CC(=O)NC(c1ccccc1)(c1ccccc1)c1ccccc1)C(=O)O. The van der Waals surface area contributed by atoms with Crippen molar-refractivity contribution in [3.63, 3.8) is 0 Å². The molecular weight excluding hydrogens is 863 g/mol. The molecule has 4 atom stereocenters. The minimum Gasteiger partial charge on any atom is -0.480 e. The fourth-order valence-electron chi connectivity index (χ4n) is 8.88. The number of hydrogen-bond donors (Lipinski definition) is 4. The topological polar surface area (TPSA) is 159 Å². The number of aliphatic carboxylic acids is 1. The van der Waals surface area contributed by atoms with Gasteiger partial charge >= 0.3 is 5.97 Å². The van der Waals surface area contributed by atoms with Crippen LogP contribution in [-0.4, -0.2) is 52.4 Å². The van der Waals surface area contributed by atoms with Gasteiger partial charge in [0.15, 0.2) is 11.6 Å². The van der Waals surface area contributed by atoms with Crippen molar-refractivity contribution in [3.8, 4) is 11.1 Å². The van der Waals surface area contributed by atoms with Crippen LogP contribution in [0.15, 0.2) is 140 Å². The minimum absolute atomic E-state index is 0.0109. The van der Waals surface area contributed by atoms with E-state index < -0.39 is 53.7 Å². The molecule has 0 heterocycles. The number of Topliss-reactive ketones (excluding diaryl/α,β-unsaturated/α-hetero) is 2. The first-order valence-electron chi connectivity index (χ1n) is 25.0. The number of carbonyl (C=O) groups is 6. The summed E-state index contributed by atoms with van der Waals surface area (Å²) in [5, 5.41) is 19.0. The van der Waals surface area contributed by atoms with Crippen LogP contribution >= 0.6 is 0 Å².